The molecule has 5 nitrogen and oxygen atoms in total. The monoisotopic (exact) mass is 368 g/mol. The van der Waals surface area contributed by atoms with Crippen molar-refractivity contribution in [3.05, 3.63) is 41.0 Å². The van der Waals surface area contributed by atoms with Gasteiger partial charge in [-0.15, -0.1) is 0 Å². The first-order valence-corrected chi connectivity index (χ1v) is 9.35. The molecule has 1 aromatic carbocycles. The number of allylic oxidation sites excluding steroid dienone is 1. The van der Waals surface area contributed by atoms with Gasteiger partial charge in [-0.25, -0.2) is 0 Å². The summed E-state index contributed by atoms with van der Waals surface area (Å²) in [7, 11) is 0. The standard InChI is InChI=1S/C20H20N2O3S/c23-11-15-6-3-7-22(15)20(25)18-17(16(26)10-21-18)19(24)14-8-12-4-1-2-5-13(12)9-14/h1-2,4-5,8,11,15,17-18,21H,3,6-7,9-10H2/t15-,17?,18-/m0/s1. The third-order valence-corrected chi connectivity index (χ3v) is 5.94. The zero-order valence-corrected chi connectivity index (χ0v) is 15.1. The maximum absolute atomic E-state index is 13.2. The molecular formula is C20H20N2O3S. The molecule has 1 aliphatic carbocycles. The minimum Gasteiger partial charge on any atom is -0.332 e. The first-order valence-electron chi connectivity index (χ1n) is 8.94. The molecule has 4 rings (SSSR count). The number of hydrogen-bond donors (Lipinski definition) is 1. The summed E-state index contributed by atoms with van der Waals surface area (Å²) >= 11 is 5.42. The van der Waals surface area contributed by atoms with Crippen molar-refractivity contribution in [3.63, 3.8) is 0 Å². The van der Waals surface area contributed by atoms with Crippen LogP contribution in [0, 0.1) is 5.92 Å². The highest BCUT2D eigenvalue weighted by Gasteiger charge is 2.45. The van der Waals surface area contributed by atoms with E-state index in [9.17, 15) is 14.4 Å². The summed E-state index contributed by atoms with van der Waals surface area (Å²) < 4.78 is 0. The molecule has 6 heteroatoms. The first kappa shape index (κ1) is 17.2. The summed E-state index contributed by atoms with van der Waals surface area (Å²) in [5.41, 5.74) is 2.88. The van der Waals surface area contributed by atoms with Gasteiger partial charge < -0.3 is 15.0 Å². The Hall–Kier alpha value is -2.18. The van der Waals surface area contributed by atoms with Crippen LogP contribution in [0.1, 0.15) is 24.0 Å². The zero-order valence-electron chi connectivity index (χ0n) is 14.3. The number of likely N-dealkylation sites (tertiary alicyclic amines) is 1. The number of ketones is 1. The van der Waals surface area contributed by atoms with Crippen molar-refractivity contribution in [2.24, 2.45) is 5.92 Å². The summed E-state index contributed by atoms with van der Waals surface area (Å²) in [6.45, 7) is 0.935. The Labute approximate surface area is 157 Å². The van der Waals surface area contributed by atoms with Crippen molar-refractivity contribution in [1.29, 1.82) is 0 Å². The van der Waals surface area contributed by atoms with Crippen LogP contribution >= 0.6 is 12.2 Å². The highest BCUT2D eigenvalue weighted by atomic mass is 32.1. The Morgan fingerprint density at radius 2 is 2.08 bits per heavy atom. The molecule has 2 aliphatic heterocycles. The van der Waals surface area contributed by atoms with Gasteiger partial charge in [-0.3, -0.25) is 9.59 Å². The predicted octanol–water partition coefficient (Wildman–Crippen LogP) is 1.34. The molecule has 26 heavy (non-hydrogen) atoms. The lowest BCUT2D eigenvalue weighted by Crippen LogP contribution is -2.50. The van der Waals surface area contributed by atoms with E-state index < -0.39 is 12.0 Å². The average molecular weight is 368 g/mol. The molecule has 1 amide bonds. The Kier molecular flexibility index (Phi) is 4.54. The fourth-order valence-corrected chi connectivity index (χ4v) is 4.50. The van der Waals surface area contributed by atoms with Crippen LogP contribution in [-0.4, -0.2) is 52.9 Å². The lowest BCUT2D eigenvalue weighted by molar-refractivity contribution is -0.138. The zero-order chi connectivity index (χ0) is 18.3. The second-order valence-corrected chi connectivity index (χ2v) is 7.61. The minimum absolute atomic E-state index is 0.0728. The number of hydrogen-bond acceptors (Lipinski definition) is 5. The molecule has 0 saturated carbocycles. The van der Waals surface area contributed by atoms with Gasteiger partial charge in [0, 0.05) is 29.9 Å². The summed E-state index contributed by atoms with van der Waals surface area (Å²) in [5.74, 6) is -0.892. The second kappa shape index (κ2) is 6.85. The van der Waals surface area contributed by atoms with E-state index in [1.165, 1.54) is 0 Å². The van der Waals surface area contributed by atoms with E-state index in [0.29, 0.717) is 36.4 Å². The van der Waals surface area contributed by atoms with Crippen LogP contribution in [0.2, 0.25) is 0 Å². The SMILES string of the molecule is O=C[C@@H]1CCCN1C(=O)[C@H]1NCC(=S)C1C(=O)C1=Cc2ccccc2C1. The number of fused-ring (bicyclic) bond motifs is 1. The van der Waals surface area contributed by atoms with E-state index >= 15 is 0 Å². The van der Waals surface area contributed by atoms with Gasteiger partial charge in [0.1, 0.15) is 12.3 Å². The van der Waals surface area contributed by atoms with Crippen molar-refractivity contribution in [2.75, 3.05) is 13.1 Å². The van der Waals surface area contributed by atoms with Gasteiger partial charge in [-0.2, -0.15) is 0 Å². The molecule has 134 valence electrons. The number of aldehydes is 1. The van der Waals surface area contributed by atoms with Gasteiger partial charge in [0.05, 0.1) is 12.0 Å². The topological polar surface area (TPSA) is 66.5 Å². The van der Waals surface area contributed by atoms with E-state index in [0.717, 1.165) is 23.8 Å². The molecule has 0 bridgehead atoms. The molecule has 2 heterocycles. The summed E-state index contributed by atoms with van der Waals surface area (Å²) in [6, 6.07) is 6.86. The third-order valence-electron chi connectivity index (χ3n) is 5.55. The number of Topliss-reactive ketones (excluding diaryl/α,β-unsaturated/α-hetero) is 1. The van der Waals surface area contributed by atoms with Crippen LogP contribution in [-0.2, 0) is 20.8 Å². The molecule has 2 saturated heterocycles. The number of carbonyl (C=O) groups is 3. The molecule has 1 aromatic rings. The van der Waals surface area contributed by atoms with Gasteiger partial charge in [0.25, 0.3) is 0 Å². The van der Waals surface area contributed by atoms with Crippen molar-refractivity contribution < 1.29 is 14.4 Å². The minimum atomic E-state index is -0.667. The maximum atomic E-state index is 13.2. The molecular weight excluding hydrogens is 348 g/mol. The van der Waals surface area contributed by atoms with Crippen LogP contribution in [0.5, 0.6) is 0 Å². The highest BCUT2D eigenvalue weighted by Crippen LogP contribution is 2.30. The fraction of sp³-hybridized carbons (Fsp3) is 0.400. The number of rotatable bonds is 4. The lowest BCUT2D eigenvalue weighted by atomic mass is 9.89. The lowest BCUT2D eigenvalue weighted by Gasteiger charge is -2.26. The van der Waals surface area contributed by atoms with Crippen LogP contribution in [0.3, 0.4) is 0 Å². The third kappa shape index (κ3) is 2.83. The van der Waals surface area contributed by atoms with Gasteiger partial charge in [0.2, 0.25) is 5.91 Å². The van der Waals surface area contributed by atoms with E-state index in [1.807, 2.05) is 30.3 Å². The number of benzene rings is 1. The van der Waals surface area contributed by atoms with Crippen molar-refractivity contribution in [2.45, 2.75) is 31.3 Å². The van der Waals surface area contributed by atoms with Crippen molar-refractivity contribution >= 4 is 41.1 Å². The summed E-state index contributed by atoms with van der Waals surface area (Å²) in [4.78, 5) is 39.6. The smallest absolute Gasteiger partial charge is 0.241 e. The van der Waals surface area contributed by atoms with Crippen molar-refractivity contribution in [1.82, 2.24) is 10.2 Å². The van der Waals surface area contributed by atoms with E-state index in [-0.39, 0.29) is 17.7 Å². The Morgan fingerprint density at radius 3 is 2.85 bits per heavy atom. The van der Waals surface area contributed by atoms with Crippen LogP contribution < -0.4 is 5.32 Å². The number of nitrogens with zero attached hydrogens (tertiary/aromatic N) is 1. The van der Waals surface area contributed by atoms with Crippen LogP contribution in [0.25, 0.3) is 6.08 Å². The Balaban J connectivity index is 1.56. The molecule has 1 unspecified atom stereocenters. The molecule has 1 N–H and O–H groups in total. The van der Waals surface area contributed by atoms with E-state index in [2.05, 4.69) is 5.32 Å². The molecule has 0 radical (unpaired) electrons. The molecule has 3 aliphatic rings. The van der Waals surface area contributed by atoms with Crippen LogP contribution in [0.4, 0.5) is 0 Å². The number of carbonyl (C=O) groups excluding carboxylic acids is 3. The molecule has 0 aromatic heterocycles. The highest BCUT2D eigenvalue weighted by molar-refractivity contribution is 7.80. The predicted molar refractivity (Wildman–Crippen MR) is 102 cm³/mol. The van der Waals surface area contributed by atoms with Gasteiger partial charge >= 0.3 is 0 Å². The largest absolute Gasteiger partial charge is 0.332 e. The first-order chi connectivity index (χ1) is 12.6. The quantitative estimate of drug-likeness (QED) is 0.642. The van der Waals surface area contributed by atoms with Gasteiger partial charge in [-0.1, -0.05) is 36.5 Å². The molecule has 2 fully saturated rings. The van der Waals surface area contributed by atoms with Gasteiger partial charge in [0.15, 0.2) is 5.78 Å². The fourth-order valence-electron chi connectivity index (χ4n) is 4.18. The van der Waals surface area contributed by atoms with E-state index in [4.69, 9.17) is 12.2 Å². The molecule has 3 atom stereocenters. The summed E-state index contributed by atoms with van der Waals surface area (Å²) in [5, 5.41) is 3.11. The number of nitrogens with one attached hydrogen (secondary N) is 1. The number of amides is 1. The van der Waals surface area contributed by atoms with Gasteiger partial charge in [-0.05, 0) is 30.0 Å². The number of thiocarbonyl (C=S) groups is 1. The maximum Gasteiger partial charge on any atom is 0.241 e. The average Bonchev–Trinajstić information content (AvgIpc) is 3.37. The molecule has 0 spiro atoms. The normalized spacial score (nSPS) is 27.4. The Morgan fingerprint density at radius 1 is 1.27 bits per heavy atom. The van der Waals surface area contributed by atoms with E-state index in [1.54, 1.807) is 4.90 Å². The van der Waals surface area contributed by atoms with Crippen LogP contribution in [0.15, 0.2) is 29.8 Å². The van der Waals surface area contributed by atoms with Crippen molar-refractivity contribution in [3.8, 4) is 0 Å². The Bertz CT molecular complexity index is 832. The summed E-state index contributed by atoms with van der Waals surface area (Å²) in [6.07, 6.45) is 4.81. The second-order valence-electron chi connectivity index (χ2n) is 7.09.